The molecule has 0 bridgehead atoms. The molecule has 0 nitrogen and oxygen atoms in total. The van der Waals surface area contributed by atoms with Gasteiger partial charge >= 0.3 is 0 Å². The molecule has 0 amide bonds. The number of hydrogen-bond acceptors (Lipinski definition) is 0. The standard InChI is InChI=1S/C34H22/c1-4-14-28-23(9-1)12-7-17-30(28)27-20-19-26-21-25-11-3-6-16-31(25)34(33(26)22-27)32-18-8-13-24-10-2-5-15-29(24)32/h1-22H/i3D,6D,11D,16D,19D,20D,21D,22D. The van der Waals surface area contributed by atoms with Crippen molar-refractivity contribution in [2.75, 3.05) is 0 Å². The fourth-order valence-corrected chi connectivity index (χ4v) is 4.82. The molecule has 0 heterocycles. The summed E-state index contributed by atoms with van der Waals surface area (Å²) in [5.41, 5.74) is 1.84. The van der Waals surface area contributed by atoms with E-state index in [0.717, 1.165) is 21.5 Å². The molecular formula is C34H22. The minimum atomic E-state index is -0.472. The summed E-state index contributed by atoms with van der Waals surface area (Å²) < 4.78 is 71.5. The highest BCUT2D eigenvalue weighted by molar-refractivity contribution is 6.17. The first-order valence-electron chi connectivity index (χ1n) is 15.1. The topological polar surface area (TPSA) is 0 Å². The molecule has 0 aromatic heterocycles. The molecule has 0 radical (unpaired) electrons. The lowest BCUT2D eigenvalue weighted by atomic mass is 9.87. The Morgan fingerprint density at radius 1 is 0.412 bits per heavy atom. The van der Waals surface area contributed by atoms with Gasteiger partial charge in [0.2, 0.25) is 0 Å². The van der Waals surface area contributed by atoms with E-state index in [1.54, 1.807) is 0 Å². The second-order valence-electron chi connectivity index (χ2n) is 8.30. The van der Waals surface area contributed by atoms with Gasteiger partial charge in [-0.05, 0) is 77.4 Å². The molecule has 0 aliphatic heterocycles. The molecule has 7 rings (SSSR count). The fourth-order valence-electron chi connectivity index (χ4n) is 4.82. The minimum Gasteiger partial charge on any atom is -0.0616 e. The van der Waals surface area contributed by atoms with Gasteiger partial charge in [-0.2, -0.15) is 0 Å². The van der Waals surface area contributed by atoms with Gasteiger partial charge < -0.3 is 0 Å². The first kappa shape index (κ1) is 12.7. The van der Waals surface area contributed by atoms with Crippen LogP contribution in [-0.4, -0.2) is 0 Å². The van der Waals surface area contributed by atoms with Crippen LogP contribution in [0.5, 0.6) is 0 Å². The molecule has 34 heavy (non-hydrogen) atoms. The largest absolute Gasteiger partial charge is 0.0636 e. The van der Waals surface area contributed by atoms with E-state index in [9.17, 15) is 1.37 Å². The van der Waals surface area contributed by atoms with Crippen LogP contribution in [0, 0.1) is 0 Å². The van der Waals surface area contributed by atoms with Crippen LogP contribution in [0.3, 0.4) is 0 Å². The van der Waals surface area contributed by atoms with Gasteiger partial charge in [0, 0.05) is 0 Å². The molecular weight excluding hydrogens is 408 g/mol. The van der Waals surface area contributed by atoms with Crippen LogP contribution in [0.4, 0.5) is 0 Å². The average Bonchev–Trinajstić information content (AvgIpc) is 3.01. The van der Waals surface area contributed by atoms with Crippen LogP contribution in [0.15, 0.2) is 133 Å². The molecule has 0 atom stereocenters. The third-order valence-electron chi connectivity index (χ3n) is 6.37. The summed E-state index contributed by atoms with van der Waals surface area (Å²) in [6, 6.07) is 24.2. The van der Waals surface area contributed by atoms with Crippen LogP contribution < -0.4 is 0 Å². The second-order valence-corrected chi connectivity index (χ2v) is 8.30. The maximum absolute atomic E-state index is 9.60. The van der Waals surface area contributed by atoms with Crippen molar-refractivity contribution in [2.24, 2.45) is 0 Å². The van der Waals surface area contributed by atoms with Crippen molar-refractivity contribution in [3.05, 3.63) is 133 Å². The number of hydrogen-bond donors (Lipinski definition) is 0. The zero-order valence-electron chi connectivity index (χ0n) is 26.1. The second kappa shape index (κ2) is 7.57. The van der Waals surface area contributed by atoms with E-state index in [4.69, 9.17) is 9.60 Å². The van der Waals surface area contributed by atoms with Crippen molar-refractivity contribution < 1.29 is 11.0 Å². The Morgan fingerprint density at radius 3 is 1.82 bits per heavy atom. The smallest absolute Gasteiger partial charge is 0.0616 e. The molecule has 158 valence electrons. The van der Waals surface area contributed by atoms with E-state index in [2.05, 4.69) is 0 Å². The Kier molecular flexibility index (Phi) is 2.83. The van der Waals surface area contributed by atoms with Crippen molar-refractivity contribution in [3.8, 4) is 22.3 Å². The van der Waals surface area contributed by atoms with Crippen LogP contribution in [-0.2, 0) is 0 Å². The van der Waals surface area contributed by atoms with Crippen LogP contribution >= 0.6 is 0 Å². The lowest BCUT2D eigenvalue weighted by Gasteiger charge is -2.16. The van der Waals surface area contributed by atoms with Gasteiger partial charge in [0.15, 0.2) is 0 Å². The molecule has 0 saturated heterocycles. The summed E-state index contributed by atoms with van der Waals surface area (Å²) in [5, 5.41) is 3.79. The maximum atomic E-state index is 9.60. The quantitative estimate of drug-likeness (QED) is 0.236. The van der Waals surface area contributed by atoms with Gasteiger partial charge in [-0.15, -0.1) is 0 Å². The molecule has 0 heteroatoms. The predicted molar refractivity (Wildman–Crippen MR) is 147 cm³/mol. The van der Waals surface area contributed by atoms with Crippen molar-refractivity contribution in [2.45, 2.75) is 0 Å². The molecule has 7 aromatic rings. The Bertz CT molecular complexity index is 2280. The molecule has 0 saturated carbocycles. The summed E-state index contributed by atoms with van der Waals surface area (Å²) in [6.45, 7) is 0. The summed E-state index contributed by atoms with van der Waals surface area (Å²) in [4.78, 5) is 0. The lowest BCUT2D eigenvalue weighted by molar-refractivity contribution is 1.67. The zero-order chi connectivity index (χ0) is 29.4. The summed E-state index contributed by atoms with van der Waals surface area (Å²) in [6.07, 6.45) is 0. The molecule has 0 aliphatic carbocycles. The molecule has 0 fully saturated rings. The molecule has 0 unspecified atom stereocenters. The Morgan fingerprint density at radius 2 is 1.03 bits per heavy atom. The summed E-state index contributed by atoms with van der Waals surface area (Å²) in [5.74, 6) is 0. The highest BCUT2D eigenvalue weighted by Gasteiger charge is 2.14. The van der Waals surface area contributed by atoms with E-state index in [1.807, 2.05) is 84.9 Å². The van der Waals surface area contributed by atoms with E-state index in [-0.39, 0.29) is 63.4 Å². The number of rotatable bonds is 2. The first-order valence-corrected chi connectivity index (χ1v) is 11.1. The van der Waals surface area contributed by atoms with Crippen molar-refractivity contribution >= 4 is 43.1 Å². The van der Waals surface area contributed by atoms with Crippen LogP contribution in [0.2, 0.25) is 0 Å². The number of benzene rings is 7. The normalized spacial score (nSPS) is 14.8. The molecule has 7 aromatic carbocycles. The highest BCUT2D eigenvalue weighted by Crippen LogP contribution is 2.41. The minimum absolute atomic E-state index is 0.0226. The Balaban J connectivity index is 1.81. The van der Waals surface area contributed by atoms with Gasteiger partial charge in [0.1, 0.15) is 0 Å². The van der Waals surface area contributed by atoms with Crippen molar-refractivity contribution in [3.63, 3.8) is 0 Å². The third-order valence-corrected chi connectivity index (χ3v) is 6.37. The van der Waals surface area contributed by atoms with Crippen LogP contribution in [0.25, 0.3) is 65.3 Å². The zero-order valence-corrected chi connectivity index (χ0v) is 18.1. The highest BCUT2D eigenvalue weighted by atomic mass is 14.2. The predicted octanol–water partition coefficient (Wildman–Crippen LogP) is 9.63. The van der Waals surface area contributed by atoms with Crippen molar-refractivity contribution in [1.82, 2.24) is 0 Å². The molecule has 0 spiro atoms. The lowest BCUT2D eigenvalue weighted by Crippen LogP contribution is -1.89. The maximum Gasteiger partial charge on any atom is 0.0636 e. The van der Waals surface area contributed by atoms with Crippen LogP contribution in [0.1, 0.15) is 11.0 Å². The van der Waals surface area contributed by atoms with Gasteiger partial charge in [0.05, 0.1) is 11.0 Å². The van der Waals surface area contributed by atoms with Gasteiger partial charge in [-0.25, -0.2) is 0 Å². The monoisotopic (exact) mass is 438 g/mol. The third kappa shape index (κ3) is 2.93. The van der Waals surface area contributed by atoms with E-state index in [1.165, 1.54) is 0 Å². The van der Waals surface area contributed by atoms with Gasteiger partial charge in [-0.1, -0.05) is 121 Å². The number of fused-ring (bicyclic) bond motifs is 4. The Labute approximate surface area is 210 Å². The summed E-state index contributed by atoms with van der Waals surface area (Å²) >= 11 is 0. The molecule has 0 aliphatic rings. The fraction of sp³-hybridized carbons (Fsp3) is 0. The summed E-state index contributed by atoms with van der Waals surface area (Å²) in [7, 11) is 0. The average molecular weight is 439 g/mol. The SMILES string of the molecule is [2H]c1c([2H])c([2H])c2c(-c3cccc4ccccc34)c3c([2H])c(-c4cccc5ccccc45)c([2H])c([2H])c3c([2H])c2c1[2H]. The Hall–Kier alpha value is -4.42. The van der Waals surface area contributed by atoms with Gasteiger partial charge in [-0.3, -0.25) is 0 Å². The van der Waals surface area contributed by atoms with E-state index < -0.39 is 12.1 Å². The van der Waals surface area contributed by atoms with Crippen molar-refractivity contribution in [1.29, 1.82) is 0 Å². The molecule has 0 N–H and O–H groups in total. The first-order chi connectivity index (χ1) is 20.2. The van der Waals surface area contributed by atoms with E-state index >= 15 is 0 Å². The van der Waals surface area contributed by atoms with E-state index in [0.29, 0.717) is 16.7 Å². The van der Waals surface area contributed by atoms with Gasteiger partial charge in [0.25, 0.3) is 0 Å².